The fourth-order valence-corrected chi connectivity index (χ4v) is 5.81. The zero-order valence-electron chi connectivity index (χ0n) is 23.5. The molecule has 2 fully saturated rings. The lowest BCUT2D eigenvalue weighted by molar-refractivity contribution is -0.142. The van der Waals surface area contributed by atoms with Crippen molar-refractivity contribution >= 4 is 55.9 Å². The van der Waals surface area contributed by atoms with Crippen molar-refractivity contribution < 1.29 is 27.5 Å². The number of hydrogen-bond acceptors (Lipinski definition) is 9. The highest BCUT2D eigenvalue weighted by molar-refractivity contribution is 7.92. The van der Waals surface area contributed by atoms with Crippen LogP contribution < -0.4 is 24.8 Å². The van der Waals surface area contributed by atoms with Crippen LogP contribution in [-0.2, 0) is 19.6 Å². The van der Waals surface area contributed by atoms with Crippen molar-refractivity contribution in [3.63, 3.8) is 0 Å². The van der Waals surface area contributed by atoms with Gasteiger partial charge in [-0.3, -0.25) is 14.3 Å². The molecule has 2 aliphatic rings. The summed E-state index contributed by atoms with van der Waals surface area (Å²) in [4.78, 5) is 35.7. The standard InChI is InChI=1S/C30H30N6O6S/c1-41-22-12-21(13-23(15-22)42-2)31-27-28(34-26-9-4-3-8-25(26)33-27)35-43(39,40)24-7-5-6-20(14-24)32-29(37)19-16-36(17-19)30(38)18-10-11-18/h3-9,12-15,18-19H,10-11,16-17H2,1-2H3,(H,31,33)(H,32,37)(H,34,35). The first kappa shape index (κ1) is 28.2. The quantitative estimate of drug-likeness (QED) is 0.245. The predicted octanol–water partition coefficient (Wildman–Crippen LogP) is 4.00. The molecule has 43 heavy (non-hydrogen) atoms. The number of nitrogens with zero attached hydrogens (tertiary/aromatic N) is 3. The van der Waals surface area contributed by atoms with E-state index in [1.165, 1.54) is 26.4 Å². The van der Waals surface area contributed by atoms with Gasteiger partial charge in [-0.1, -0.05) is 18.2 Å². The van der Waals surface area contributed by atoms with Crippen LogP contribution in [0.1, 0.15) is 12.8 Å². The minimum Gasteiger partial charge on any atom is -0.497 e. The van der Waals surface area contributed by atoms with Gasteiger partial charge in [0.1, 0.15) is 11.5 Å². The molecule has 0 radical (unpaired) electrons. The molecule has 3 aromatic carbocycles. The van der Waals surface area contributed by atoms with E-state index < -0.39 is 10.0 Å². The van der Waals surface area contributed by atoms with E-state index in [0.717, 1.165) is 12.8 Å². The zero-order valence-corrected chi connectivity index (χ0v) is 24.3. The Balaban J connectivity index is 1.23. The van der Waals surface area contributed by atoms with Crippen molar-refractivity contribution in [2.24, 2.45) is 11.8 Å². The molecule has 12 nitrogen and oxygen atoms in total. The number of ether oxygens (including phenoxy) is 2. The lowest BCUT2D eigenvalue weighted by Gasteiger charge is -2.38. The molecule has 4 aromatic rings. The molecule has 13 heteroatoms. The normalized spacial score (nSPS) is 15.0. The Kier molecular flexibility index (Phi) is 7.48. The SMILES string of the molecule is COc1cc(Nc2nc3ccccc3nc2NS(=O)(=O)c2cccc(NC(=O)C3CN(C(=O)C4CC4)C3)c2)cc(OC)c1. The van der Waals surface area contributed by atoms with E-state index >= 15 is 0 Å². The summed E-state index contributed by atoms with van der Waals surface area (Å²) in [6.07, 6.45) is 1.83. The molecule has 222 valence electrons. The molecular formula is C30H30N6O6S. The number of anilines is 4. The summed E-state index contributed by atoms with van der Waals surface area (Å²) in [7, 11) is -1.10. The Morgan fingerprint density at radius 1 is 0.814 bits per heavy atom. The summed E-state index contributed by atoms with van der Waals surface area (Å²) in [6.45, 7) is 0.743. The number of benzene rings is 3. The van der Waals surface area contributed by atoms with E-state index in [9.17, 15) is 18.0 Å². The van der Waals surface area contributed by atoms with Gasteiger partial charge in [0.15, 0.2) is 11.6 Å². The number of sulfonamides is 1. The highest BCUT2D eigenvalue weighted by Gasteiger charge is 2.41. The maximum atomic E-state index is 13.6. The number of para-hydroxylation sites is 2. The minimum absolute atomic E-state index is 0.0233. The van der Waals surface area contributed by atoms with Gasteiger partial charge in [-0.2, -0.15) is 0 Å². The minimum atomic E-state index is -4.16. The van der Waals surface area contributed by atoms with E-state index in [1.54, 1.807) is 53.4 Å². The van der Waals surface area contributed by atoms with Gasteiger partial charge in [-0.25, -0.2) is 18.4 Å². The van der Waals surface area contributed by atoms with Gasteiger partial charge in [0, 0.05) is 48.6 Å². The van der Waals surface area contributed by atoms with Gasteiger partial charge in [-0.05, 0) is 43.2 Å². The van der Waals surface area contributed by atoms with Crippen molar-refractivity contribution in [3.8, 4) is 11.5 Å². The summed E-state index contributed by atoms with van der Waals surface area (Å²) < 4.78 is 40.4. The average molecular weight is 603 g/mol. The van der Waals surface area contributed by atoms with Gasteiger partial charge in [-0.15, -0.1) is 0 Å². The molecule has 2 amide bonds. The van der Waals surface area contributed by atoms with E-state index in [4.69, 9.17) is 9.47 Å². The Labute approximate surface area is 248 Å². The molecule has 1 aliphatic heterocycles. The number of carbonyl (C=O) groups excluding carboxylic acids is 2. The maximum absolute atomic E-state index is 13.6. The molecule has 1 saturated carbocycles. The average Bonchev–Trinajstić information content (AvgIpc) is 3.82. The van der Waals surface area contributed by atoms with Crippen molar-refractivity contribution in [2.45, 2.75) is 17.7 Å². The Hall–Kier alpha value is -4.91. The van der Waals surface area contributed by atoms with Gasteiger partial charge in [0.05, 0.1) is 36.1 Å². The molecule has 0 bridgehead atoms. The van der Waals surface area contributed by atoms with E-state index in [0.29, 0.717) is 47.0 Å². The third kappa shape index (κ3) is 6.16. The number of rotatable bonds is 10. The summed E-state index contributed by atoms with van der Waals surface area (Å²) in [5.41, 5.74) is 1.91. The highest BCUT2D eigenvalue weighted by Crippen LogP contribution is 2.34. The molecule has 1 saturated heterocycles. The van der Waals surface area contributed by atoms with E-state index in [2.05, 4.69) is 25.3 Å². The predicted molar refractivity (Wildman–Crippen MR) is 161 cm³/mol. The second-order valence-corrected chi connectivity index (χ2v) is 12.2. The number of methoxy groups -OCH3 is 2. The maximum Gasteiger partial charge on any atom is 0.263 e. The number of hydrogen-bond donors (Lipinski definition) is 3. The zero-order chi connectivity index (χ0) is 30.1. The van der Waals surface area contributed by atoms with Crippen LogP contribution in [0.5, 0.6) is 11.5 Å². The van der Waals surface area contributed by atoms with E-state index in [1.807, 2.05) is 6.07 Å². The molecule has 6 rings (SSSR count). The molecule has 3 N–H and O–H groups in total. The van der Waals surface area contributed by atoms with Crippen molar-refractivity contribution in [2.75, 3.05) is 42.7 Å². The lowest BCUT2D eigenvalue weighted by atomic mass is 9.98. The van der Waals surface area contributed by atoms with Crippen LogP contribution in [0.3, 0.4) is 0 Å². The number of fused-ring (bicyclic) bond motifs is 1. The Morgan fingerprint density at radius 3 is 2.09 bits per heavy atom. The molecule has 0 unspecified atom stereocenters. The van der Waals surface area contributed by atoms with Gasteiger partial charge in [0.25, 0.3) is 10.0 Å². The molecule has 0 atom stereocenters. The fourth-order valence-electron chi connectivity index (χ4n) is 4.76. The fraction of sp³-hybridized carbons (Fsp3) is 0.267. The summed E-state index contributed by atoms with van der Waals surface area (Å²) >= 11 is 0. The van der Waals surface area contributed by atoms with Crippen LogP contribution in [-0.4, -0.2) is 62.4 Å². The first-order valence-electron chi connectivity index (χ1n) is 13.7. The molecule has 1 aliphatic carbocycles. The van der Waals surface area contributed by atoms with Crippen LogP contribution in [0.25, 0.3) is 11.0 Å². The van der Waals surface area contributed by atoms with Crippen molar-refractivity contribution in [1.29, 1.82) is 0 Å². The highest BCUT2D eigenvalue weighted by atomic mass is 32.2. The van der Waals surface area contributed by atoms with Crippen LogP contribution in [0, 0.1) is 11.8 Å². The smallest absolute Gasteiger partial charge is 0.263 e. The first-order chi connectivity index (χ1) is 20.7. The lowest BCUT2D eigenvalue weighted by Crippen LogP contribution is -2.54. The monoisotopic (exact) mass is 602 g/mol. The summed E-state index contributed by atoms with van der Waals surface area (Å²) in [5, 5.41) is 5.91. The third-order valence-corrected chi connectivity index (χ3v) is 8.65. The molecule has 1 aromatic heterocycles. The molecular weight excluding hydrogens is 572 g/mol. The Morgan fingerprint density at radius 2 is 1.47 bits per heavy atom. The van der Waals surface area contributed by atoms with Crippen molar-refractivity contribution in [1.82, 2.24) is 14.9 Å². The second-order valence-electron chi connectivity index (χ2n) is 10.5. The largest absolute Gasteiger partial charge is 0.497 e. The van der Waals surface area contributed by atoms with Gasteiger partial charge >= 0.3 is 0 Å². The number of nitrogens with one attached hydrogen (secondary N) is 3. The third-order valence-electron chi connectivity index (χ3n) is 7.32. The van der Waals surface area contributed by atoms with Gasteiger partial charge < -0.3 is 25.0 Å². The Bertz CT molecular complexity index is 1800. The molecule has 2 heterocycles. The molecule has 0 spiro atoms. The van der Waals surface area contributed by atoms with Crippen molar-refractivity contribution in [3.05, 3.63) is 66.7 Å². The topological polar surface area (TPSA) is 152 Å². The number of aromatic nitrogens is 2. The van der Waals surface area contributed by atoms with Crippen LogP contribution >= 0.6 is 0 Å². The van der Waals surface area contributed by atoms with Crippen LogP contribution in [0.4, 0.5) is 23.0 Å². The van der Waals surface area contributed by atoms with Gasteiger partial charge in [0.2, 0.25) is 11.8 Å². The van der Waals surface area contributed by atoms with Crippen LogP contribution in [0.2, 0.25) is 0 Å². The number of carbonyl (C=O) groups is 2. The second kappa shape index (κ2) is 11.4. The first-order valence-corrected chi connectivity index (χ1v) is 15.2. The van der Waals surface area contributed by atoms with Crippen LogP contribution in [0.15, 0.2) is 71.6 Å². The summed E-state index contributed by atoms with van der Waals surface area (Å²) in [6, 6.07) is 18.2. The number of likely N-dealkylation sites (tertiary alicyclic amines) is 1. The summed E-state index contributed by atoms with van der Waals surface area (Å²) in [5.74, 6) is 0.823. The van der Waals surface area contributed by atoms with E-state index in [-0.39, 0.29) is 40.2 Å². The number of amides is 2.